The number of rotatable bonds is 5. The van der Waals surface area contributed by atoms with Crippen LogP contribution in [-0.4, -0.2) is 54.3 Å². The lowest BCUT2D eigenvalue weighted by atomic mass is 10.0. The SMILES string of the molecule is COCC1CN(CCc2nsc3ccccc23)CC(C)(C)O1. The summed E-state index contributed by atoms with van der Waals surface area (Å²) in [6, 6.07) is 8.48. The summed E-state index contributed by atoms with van der Waals surface area (Å²) in [5.41, 5.74) is 1.10. The van der Waals surface area contributed by atoms with E-state index in [1.54, 1.807) is 18.6 Å². The average molecular weight is 320 g/mol. The van der Waals surface area contributed by atoms with E-state index in [0.717, 1.165) is 26.1 Å². The summed E-state index contributed by atoms with van der Waals surface area (Å²) in [5.74, 6) is 0. The molecule has 1 aromatic heterocycles. The zero-order chi connectivity index (χ0) is 15.6. The third-order valence-electron chi connectivity index (χ3n) is 4.02. The van der Waals surface area contributed by atoms with E-state index in [-0.39, 0.29) is 11.7 Å². The molecule has 0 amide bonds. The van der Waals surface area contributed by atoms with E-state index >= 15 is 0 Å². The minimum Gasteiger partial charge on any atom is -0.382 e. The lowest BCUT2D eigenvalue weighted by Gasteiger charge is -2.42. The number of morpholine rings is 1. The van der Waals surface area contributed by atoms with Crippen molar-refractivity contribution >= 4 is 21.6 Å². The van der Waals surface area contributed by atoms with Crippen molar-refractivity contribution in [3.63, 3.8) is 0 Å². The molecule has 22 heavy (non-hydrogen) atoms. The van der Waals surface area contributed by atoms with Gasteiger partial charge < -0.3 is 9.47 Å². The molecule has 1 fully saturated rings. The van der Waals surface area contributed by atoms with Crippen LogP contribution >= 0.6 is 11.5 Å². The Morgan fingerprint density at radius 1 is 1.41 bits per heavy atom. The molecule has 0 bridgehead atoms. The molecule has 0 N–H and O–H groups in total. The summed E-state index contributed by atoms with van der Waals surface area (Å²) in [6.45, 7) is 7.86. The second-order valence-corrected chi connectivity index (χ2v) is 7.37. The van der Waals surface area contributed by atoms with Crippen molar-refractivity contribution in [1.82, 2.24) is 9.27 Å². The number of benzene rings is 1. The van der Waals surface area contributed by atoms with Gasteiger partial charge in [0.25, 0.3) is 0 Å². The minimum absolute atomic E-state index is 0.119. The quantitative estimate of drug-likeness (QED) is 0.848. The Bertz CT molecular complexity index is 626. The number of hydrogen-bond acceptors (Lipinski definition) is 5. The molecular formula is C17H24N2O2S. The van der Waals surface area contributed by atoms with Gasteiger partial charge in [0.2, 0.25) is 0 Å². The number of hydrogen-bond donors (Lipinski definition) is 0. The molecule has 0 radical (unpaired) electrons. The first-order valence-electron chi connectivity index (χ1n) is 7.80. The van der Waals surface area contributed by atoms with Crippen molar-refractivity contribution in [3.8, 4) is 0 Å². The molecule has 4 nitrogen and oxygen atoms in total. The zero-order valence-corrected chi connectivity index (χ0v) is 14.4. The molecular weight excluding hydrogens is 296 g/mol. The Hall–Kier alpha value is -1.01. The minimum atomic E-state index is -0.119. The maximum Gasteiger partial charge on any atom is 0.0942 e. The van der Waals surface area contributed by atoms with Crippen LogP contribution in [-0.2, 0) is 15.9 Å². The van der Waals surface area contributed by atoms with Crippen LogP contribution in [0, 0.1) is 0 Å². The van der Waals surface area contributed by atoms with Gasteiger partial charge in [0.15, 0.2) is 0 Å². The molecule has 5 heteroatoms. The lowest BCUT2D eigenvalue weighted by molar-refractivity contribution is -0.152. The Kier molecular flexibility index (Phi) is 4.78. The number of nitrogens with zero attached hydrogens (tertiary/aromatic N) is 2. The molecule has 1 unspecified atom stereocenters. The molecule has 1 aromatic carbocycles. The highest BCUT2D eigenvalue weighted by atomic mass is 32.1. The van der Waals surface area contributed by atoms with E-state index in [1.807, 2.05) is 0 Å². The van der Waals surface area contributed by atoms with Crippen LogP contribution in [0.2, 0.25) is 0 Å². The van der Waals surface area contributed by atoms with E-state index in [9.17, 15) is 0 Å². The largest absolute Gasteiger partial charge is 0.382 e. The van der Waals surface area contributed by atoms with Crippen molar-refractivity contribution in [2.75, 3.05) is 33.4 Å². The summed E-state index contributed by atoms with van der Waals surface area (Å²) in [5, 5.41) is 1.30. The highest BCUT2D eigenvalue weighted by Gasteiger charge is 2.33. The normalized spacial score (nSPS) is 22.2. The van der Waals surface area contributed by atoms with Crippen LogP contribution < -0.4 is 0 Å². The molecule has 1 aliphatic heterocycles. The van der Waals surface area contributed by atoms with Crippen molar-refractivity contribution in [3.05, 3.63) is 30.0 Å². The molecule has 3 rings (SSSR count). The third kappa shape index (κ3) is 3.66. The predicted molar refractivity (Wildman–Crippen MR) is 90.6 cm³/mol. The molecule has 0 aliphatic carbocycles. The van der Waals surface area contributed by atoms with Crippen LogP contribution in [0.5, 0.6) is 0 Å². The van der Waals surface area contributed by atoms with Gasteiger partial charge in [-0.25, -0.2) is 0 Å². The number of aromatic nitrogens is 1. The first-order chi connectivity index (χ1) is 10.6. The van der Waals surface area contributed by atoms with Crippen molar-refractivity contribution < 1.29 is 9.47 Å². The predicted octanol–water partition coefficient (Wildman–Crippen LogP) is 2.96. The topological polar surface area (TPSA) is 34.6 Å². The summed E-state index contributed by atoms with van der Waals surface area (Å²) >= 11 is 1.60. The lowest BCUT2D eigenvalue weighted by Crippen LogP contribution is -2.54. The van der Waals surface area contributed by atoms with Crippen LogP contribution in [0.3, 0.4) is 0 Å². The van der Waals surface area contributed by atoms with Crippen LogP contribution in [0.4, 0.5) is 0 Å². The van der Waals surface area contributed by atoms with Gasteiger partial charge in [0.1, 0.15) is 0 Å². The fourth-order valence-corrected chi connectivity index (χ4v) is 4.06. The molecule has 120 valence electrons. The summed E-state index contributed by atoms with van der Waals surface area (Å²) in [7, 11) is 1.73. The molecule has 1 aliphatic rings. The van der Waals surface area contributed by atoms with Gasteiger partial charge in [-0.1, -0.05) is 18.2 Å². The standard InChI is InChI=1S/C17H24N2O2S/c1-17(2)12-19(10-13(21-17)11-20-3)9-8-15-14-6-4-5-7-16(14)22-18-15/h4-7,13H,8-12H2,1-3H3. The number of methoxy groups -OCH3 is 1. The van der Waals surface area contributed by atoms with E-state index in [0.29, 0.717) is 6.61 Å². The van der Waals surface area contributed by atoms with Gasteiger partial charge in [0.05, 0.1) is 28.7 Å². The van der Waals surface area contributed by atoms with Crippen LogP contribution in [0.25, 0.3) is 10.1 Å². The van der Waals surface area contributed by atoms with Crippen molar-refractivity contribution in [1.29, 1.82) is 0 Å². The monoisotopic (exact) mass is 320 g/mol. The van der Waals surface area contributed by atoms with Crippen LogP contribution in [0.1, 0.15) is 19.5 Å². The molecule has 1 atom stereocenters. The first-order valence-corrected chi connectivity index (χ1v) is 8.57. The smallest absolute Gasteiger partial charge is 0.0942 e. The Morgan fingerprint density at radius 2 is 2.23 bits per heavy atom. The fraction of sp³-hybridized carbons (Fsp3) is 0.588. The van der Waals surface area contributed by atoms with E-state index < -0.39 is 0 Å². The Balaban J connectivity index is 1.65. The number of ether oxygens (including phenoxy) is 2. The fourth-order valence-electron chi connectivity index (χ4n) is 3.24. The second kappa shape index (κ2) is 6.62. The summed E-state index contributed by atoms with van der Waals surface area (Å²) < 4.78 is 17.2. The second-order valence-electron chi connectivity index (χ2n) is 6.57. The van der Waals surface area contributed by atoms with E-state index in [1.165, 1.54) is 15.8 Å². The zero-order valence-electron chi connectivity index (χ0n) is 13.5. The van der Waals surface area contributed by atoms with E-state index in [4.69, 9.17) is 9.47 Å². The van der Waals surface area contributed by atoms with Gasteiger partial charge in [-0.05, 0) is 31.4 Å². The van der Waals surface area contributed by atoms with Gasteiger partial charge in [0, 0.05) is 38.6 Å². The Labute approximate surface area is 136 Å². The Morgan fingerprint density at radius 3 is 3.05 bits per heavy atom. The highest BCUT2D eigenvalue weighted by molar-refractivity contribution is 7.13. The maximum absolute atomic E-state index is 6.07. The summed E-state index contributed by atoms with van der Waals surface area (Å²) in [6.07, 6.45) is 1.14. The van der Waals surface area contributed by atoms with Crippen molar-refractivity contribution in [2.45, 2.75) is 32.0 Å². The van der Waals surface area contributed by atoms with Gasteiger partial charge in [-0.2, -0.15) is 4.37 Å². The molecule has 1 saturated heterocycles. The van der Waals surface area contributed by atoms with Gasteiger partial charge >= 0.3 is 0 Å². The van der Waals surface area contributed by atoms with Crippen LogP contribution in [0.15, 0.2) is 24.3 Å². The molecule has 2 heterocycles. The number of fused-ring (bicyclic) bond motifs is 1. The van der Waals surface area contributed by atoms with Gasteiger partial charge in [-0.15, -0.1) is 0 Å². The average Bonchev–Trinajstić information content (AvgIpc) is 2.87. The molecule has 0 saturated carbocycles. The highest BCUT2D eigenvalue weighted by Crippen LogP contribution is 2.24. The molecule has 2 aromatic rings. The third-order valence-corrected chi connectivity index (χ3v) is 4.89. The van der Waals surface area contributed by atoms with E-state index in [2.05, 4.69) is 47.4 Å². The summed E-state index contributed by atoms with van der Waals surface area (Å²) in [4.78, 5) is 2.47. The first kappa shape index (κ1) is 15.9. The maximum atomic E-state index is 6.07. The molecule has 0 spiro atoms. The van der Waals surface area contributed by atoms with Gasteiger partial charge in [-0.3, -0.25) is 4.90 Å². The van der Waals surface area contributed by atoms with Crippen molar-refractivity contribution in [2.24, 2.45) is 0 Å².